The minimum absolute atomic E-state index is 0.0365. The molecule has 0 unspecified atom stereocenters. The smallest absolute Gasteiger partial charge is 0.319 e. The molecule has 8 heteroatoms. The van der Waals surface area contributed by atoms with Crippen LogP contribution in [0.15, 0.2) is 29.2 Å². The molecule has 0 aliphatic carbocycles. The standard InChI is InChI=1S/C16H21N5O2S/c1-10-5-7-12(8-6-10)24-11(2)14(22)23-9-13-18-15(17)20-16(19-13)21(3)4/h5-8,11H,9H2,1-4H3,(H2,17,18,19,20)/t11-/m0/s1. The highest BCUT2D eigenvalue weighted by Gasteiger charge is 2.17. The first kappa shape index (κ1) is 18.0. The fraction of sp³-hybridized carbons (Fsp3) is 0.375. The van der Waals surface area contributed by atoms with Crippen molar-refractivity contribution in [3.05, 3.63) is 35.7 Å². The average molecular weight is 347 g/mol. The molecule has 0 saturated carbocycles. The van der Waals surface area contributed by atoms with Crippen LogP contribution in [0.25, 0.3) is 0 Å². The van der Waals surface area contributed by atoms with Crippen LogP contribution in [0.1, 0.15) is 18.3 Å². The van der Waals surface area contributed by atoms with Crippen molar-refractivity contribution in [3.63, 3.8) is 0 Å². The topological polar surface area (TPSA) is 94.2 Å². The summed E-state index contributed by atoms with van der Waals surface area (Å²) in [4.78, 5) is 27.0. The largest absolute Gasteiger partial charge is 0.457 e. The predicted octanol–water partition coefficient (Wildman–Crippen LogP) is 2.05. The van der Waals surface area contributed by atoms with Crippen LogP contribution in [0, 0.1) is 6.92 Å². The molecule has 0 saturated heterocycles. The highest BCUT2D eigenvalue weighted by Crippen LogP contribution is 2.24. The number of anilines is 2. The van der Waals surface area contributed by atoms with Crippen LogP contribution in [0.5, 0.6) is 0 Å². The lowest BCUT2D eigenvalue weighted by Crippen LogP contribution is -2.19. The highest BCUT2D eigenvalue weighted by molar-refractivity contribution is 8.00. The van der Waals surface area contributed by atoms with Crippen LogP contribution in [0.3, 0.4) is 0 Å². The lowest BCUT2D eigenvalue weighted by atomic mass is 10.2. The highest BCUT2D eigenvalue weighted by atomic mass is 32.2. The molecule has 0 aliphatic rings. The number of nitrogens with zero attached hydrogens (tertiary/aromatic N) is 4. The molecule has 0 bridgehead atoms. The van der Waals surface area contributed by atoms with Gasteiger partial charge in [-0.3, -0.25) is 4.79 Å². The molecule has 2 rings (SSSR count). The molecule has 0 fully saturated rings. The van der Waals surface area contributed by atoms with Crippen molar-refractivity contribution in [1.29, 1.82) is 0 Å². The summed E-state index contributed by atoms with van der Waals surface area (Å²) in [6.07, 6.45) is 0. The Labute approximate surface area is 145 Å². The maximum Gasteiger partial charge on any atom is 0.319 e. The van der Waals surface area contributed by atoms with Crippen molar-refractivity contribution in [3.8, 4) is 0 Å². The fourth-order valence-corrected chi connectivity index (χ4v) is 2.68. The third-order valence-electron chi connectivity index (χ3n) is 3.10. The van der Waals surface area contributed by atoms with Crippen molar-refractivity contribution in [2.75, 3.05) is 24.7 Å². The van der Waals surface area contributed by atoms with Crippen LogP contribution < -0.4 is 10.6 Å². The molecule has 0 aliphatic heterocycles. The number of nitrogen functional groups attached to an aromatic ring is 1. The van der Waals surface area contributed by atoms with E-state index in [0.29, 0.717) is 11.8 Å². The third kappa shape index (κ3) is 5.09. The Morgan fingerprint density at radius 1 is 1.25 bits per heavy atom. The van der Waals surface area contributed by atoms with Crippen LogP contribution in [0.2, 0.25) is 0 Å². The van der Waals surface area contributed by atoms with E-state index in [4.69, 9.17) is 10.5 Å². The Balaban J connectivity index is 1.93. The van der Waals surface area contributed by atoms with Gasteiger partial charge in [0.15, 0.2) is 12.4 Å². The molecule has 2 aromatic rings. The number of nitrogens with two attached hydrogens (primary N) is 1. The van der Waals surface area contributed by atoms with Crippen LogP contribution in [-0.2, 0) is 16.1 Å². The summed E-state index contributed by atoms with van der Waals surface area (Å²) in [7, 11) is 3.59. The van der Waals surface area contributed by atoms with Gasteiger partial charge in [-0.1, -0.05) is 17.7 Å². The molecule has 1 aromatic carbocycles. The first-order valence-corrected chi connectivity index (χ1v) is 8.31. The van der Waals surface area contributed by atoms with Gasteiger partial charge in [0.25, 0.3) is 0 Å². The summed E-state index contributed by atoms with van der Waals surface area (Å²) in [5.74, 6) is 0.524. The first-order chi connectivity index (χ1) is 11.3. The molecular formula is C16H21N5O2S. The molecule has 7 nitrogen and oxygen atoms in total. The molecule has 2 N–H and O–H groups in total. The molecule has 1 atom stereocenters. The van der Waals surface area contributed by atoms with E-state index in [9.17, 15) is 4.79 Å². The van der Waals surface area contributed by atoms with E-state index in [-0.39, 0.29) is 23.8 Å². The van der Waals surface area contributed by atoms with Crippen molar-refractivity contribution in [2.45, 2.75) is 30.6 Å². The molecular weight excluding hydrogens is 326 g/mol. The van der Waals surface area contributed by atoms with E-state index in [0.717, 1.165) is 4.90 Å². The summed E-state index contributed by atoms with van der Waals surface area (Å²) in [6, 6.07) is 7.99. The van der Waals surface area contributed by atoms with Gasteiger partial charge in [0.2, 0.25) is 11.9 Å². The average Bonchev–Trinajstić information content (AvgIpc) is 2.54. The minimum Gasteiger partial charge on any atom is -0.457 e. The lowest BCUT2D eigenvalue weighted by Gasteiger charge is -2.13. The second-order valence-corrected chi connectivity index (χ2v) is 6.90. The Kier molecular flexibility index (Phi) is 5.97. The van der Waals surface area contributed by atoms with E-state index < -0.39 is 0 Å². The Morgan fingerprint density at radius 2 is 1.92 bits per heavy atom. The van der Waals surface area contributed by atoms with Crippen LogP contribution in [0.4, 0.5) is 11.9 Å². The van der Waals surface area contributed by atoms with Gasteiger partial charge in [-0.15, -0.1) is 11.8 Å². The Hall–Kier alpha value is -2.35. The van der Waals surface area contributed by atoms with Gasteiger partial charge in [-0.2, -0.15) is 15.0 Å². The minimum atomic E-state index is -0.333. The molecule has 0 amide bonds. The summed E-state index contributed by atoms with van der Waals surface area (Å²) in [6.45, 7) is 3.79. The quantitative estimate of drug-likeness (QED) is 0.627. The number of hydrogen-bond donors (Lipinski definition) is 1. The van der Waals surface area contributed by atoms with Gasteiger partial charge in [0.1, 0.15) is 5.25 Å². The van der Waals surface area contributed by atoms with Crippen molar-refractivity contribution in [1.82, 2.24) is 15.0 Å². The predicted molar refractivity (Wildman–Crippen MR) is 94.9 cm³/mol. The van der Waals surface area contributed by atoms with Gasteiger partial charge < -0.3 is 15.4 Å². The third-order valence-corrected chi connectivity index (χ3v) is 4.19. The van der Waals surface area contributed by atoms with Crippen molar-refractivity contribution in [2.24, 2.45) is 0 Å². The van der Waals surface area contributed by atoms with Gasteiger partial charge in [-0.25, -0.2) is 0 Å². The molecule has 0 spiro atoms. The number of carbonyl (C=O) groups is 1. The number of aryl methyl sites for hydroxylation is 1. The Morgan fingerprint density at radius 3 is 2.54 bits per heavy atom. The fourth-order valence-electron chi connectivity index (χ4n) is 1.81. The van der Waals surface area contributed by atoms with Gasteiger partial charge in [0, 0.05) is 19.0 Å². The summed E-state index contributed by atoms with van der Waals surface area (Å²) in [5.41, 5.74) is 6.82. The number of carbonyl (C=O) groups excluding carboxylic acids is 1. The number of esters is 1. The van der Waals surface area contributed by atoms with Crippen LogP contribution in [-0.4, -0.2) is 40.3 Å². The van der Waals surface area contributed by atoms with Crippen LogP contribution >= 0.6 is 11.8 Å². The summed E-state index contributed by atoms with van der Waals surface area (Å²) < 4.78 is 5.29. The van der Waals surface area contributed by atoms with Gasteiger partial charge >= 0.3 is 5.97 Å². The summed E-state index contributed by atoms with van der Waals surface area (Å²) >= 11 is 1.45. The summed E-state index contributed by atoms with van der Waals surface area (Å²) in [5, 5.41) is -0.333. The molecule has 128 valence electrons. The monoisotopic (exact) mass is 347 g/mol. The van der Waals surface area contributed by atoms with E-state index in [1.165, 1.54) is 17.3 Å². The van der Waals surface area contributed by atoms with Crippen molar-refractivity contribution < 1.29 is 9.53 Å². The first-order valence-electron chi connectivity index (χ1n) is 7.43. The number of rotatable bonds is 6. The number of aromatic nitrogens is 3. The van der Waals surface area contributed by atoms with E-state index >= 15 is 0 Å². The van der Waals surface area contributed by atoms with Gasteiger partial charge in [0.05, 0.1) is 0 Å². The molecule has 24 heavy (non-hydrogen) atoms. The number of thioether (sulfide) groups is 1. The number of ether oxygens (including phenoxy) is 1. The zero-order valence-electron chi connectivity index (χ0n) is 14.2. The van der Waals surface area contributed by atoms with E-state index in [2.05, 4.69) is 15.0 Å². The zero-order chi connectivity index (χ0) is 17.7. The Bertz CT molecular complexity index is 706. The molecule has 0 radical (unpaired) electrons. The zero-order valence-corrected chi connectivity index (χ0v) is 15.0. The molecule has 1 aromatic heterocycles. The van der Waals surface area contributed by atoms with E-state index in [1.807, 2.05) is 31.2 Å². The van der Waals surface area contributed by atoms with E-state index in [1.54, 1.807) is 25.9 Å². The normalized spacial score (nSPS) is 11.8. The maximum absolute atomic E-state index is 12.1. The second kappa shape index (κ2) is 7.96. The second-order valence-electron chi connectivity index (χ2n) is 5.49. The lowest BCUT2D eigenvalue weighted by molar-refractivity contribution is -0.144. The van der Waals surface area contributed by atoms with Gasteiger partial charge in [-0.05, 0) is 26.0 Å². The molecule has 1 heterocycles. The number of hydrogen-bond acceptors (Lipinski definition) is 8. The SMILES string of the molecule is Cc1ccc(S[C@@H](C)C(=O)OCc2nc(N)nc(N(C)C)n2)cc1. The number of benzene rings is 1. The maximum atomic E-state index is 12.1. The van der Waals surface area contributed by atoms with Crippen molar-refractivity contribution >= 4 is 29.6 Å².